The number of aliphatic hydroxyl groups excluding tert-OH is 1. The third-order valence-corrected chi connectivity index (χ3v) is 4.73. The Morgan fingerprint density at radius 3 is 2.46 bits per heavy atom. The van der Waals surface area contributed by atoms with Crippen LogP contribution in [0.3, 0.4) is 0 Å². The zero-order valence-corrected chi connectivity index (χ0v) is 16.7. The molecule has 0 saturated carbocycles. The molecule has 1 N–H and O–H groups in total. The first-order valence-electron chi connectivity index (χ1n) is 9.43. The summed E-state index contributed by atoms with van der Waals surface area (Å²) in [5.74, 6) is -1.50. The van der Waals surface area contributed by atoms with Gasteiger partial charge >= 0.3 is 5.97 Å². The fourth-order valence-electron chi connectivity index (χ4n) is 3.13. The summed E-state index contributed by atoms with van der Waals surface area (Å²) >= 11 is 0. The van der Waals surface area contributed by atoms with E-state index in [4.69, 9.17) is 18.7 Å². The quantitative estimate of drug-likeness (QED) is 0.757. The molecule has 1 aliphatic heterocycles. The van der Waals surface area contributed by atoms with E-state index in [1.807, 2.05) is 44.2 Å². The predicted octanol–water partition coefficient (Wildman–Crippen LogP) is 3.37. The third-order valence-electron chi connectivity index (χ3n) is 4.73. The zero-order valence-electron chi connectivity index (χ0n) is 16.7. The molecule has 3 rings (SSSR count). The van der Waals surface area contributed by atoms with Crippen LogP contribution in [0.25, 0.3) is 0 Å². The maximum Gasteiger partial charge on any atom is 0.361 e. The molecule has 7 heteroatoms. The van der Waals surface area contributed by atoms with Crippen molar-refractivity contribution in [2.24, 2.45) is 5.41 Å². The number of hydrogen-bond acceptors (Lipinski definition) is 7. The van der Waals surface area contributed by atoms with Crippen LogP contribution in [0.1, 0.15) is 61.2 Å². The molecule has 1 unspecified atom stereocenters. The molecule has 28 heavy (non-hydrogen) atoms. The average molecular weight is 389 g/mol. The van der Waals surface area contributed by atoms with E-state index in [0.717, 1.165) is 5.56 Å². The van der Waals surface area contributed by atoms with Crippen molar-refractivity contribution in [3.63, 3.8) is 0 Å². The minimum Gasteiger partial charge on any atom is -0.461 e. The summed E-state index contributed by atoms with van der Waals surface area (Å²) in [6.45, 7) is 8.61. The topological polar surface area (TPSA) is 91.0 Å². The van der Waals surface area contributed by atoms with Crippen molar-refractivity contribution in [2.45, 2.75) is 46.0 Å². The summed E-state index contributed by atoms with van der Waals surface area (Å²) < 4.78 is 22.6. The van der Waals surface area contributed by atoms with Gasteiger partial charge in [0.05, 0.1) is 31.5 Å². The van der Waals surface area contributed by atoms with Gasteiger partial charge in [-0.15, -0.1) is 0 Å². The second-order valence-electron chi connectivity index (χ2n) is 7.87. The number of nitrogens with zero attached hydrogens (tertiary/aromatic N) is 1. The smallest absolute Gasteiger partial charge is 0.361 e. The molecule has 1 atom stereocenters. The van der Waals surface area contributed by atoms with Gasteiger partial charge in [0.2, 0.25) is 0 Å². The third kappa shape index (κ3) is 4.27. The van der Waals surface area contributed by atoms with Crippen LogP contribution in [0.4, 0.5) is 0 Å². The van der Waals surface area contributed by atoms with E-state index in [-0.39, 0.29) is 24.1 Å². The van der Waals surface area contributed by atoms with E-state index in [1.165, 1.54) is 0 Å². The van der Waals surface area contributed by atoms with Crippen molar-refractivity contribution >= 4 is 5.97 Å². The largest absolute Gasteiger partial charge is 0.461 e. The van der Waals surface area contributed by atoms with E-state index in [2.05, 4.69) is 5.16 Å². The van der Waals surface area contributed by atoms with Crippen LogP contribution < -0.4 is 0 Å². The highest BCUT2D eigenvalue weighted by Crippen LogP contribution is 2.40. The Kier molecular flexibility index (Phi) is 5.88. The lowest BCUT2D eigenvalue weighted by Gasteiger charge is -2.41. The van der Waals surface area contributed by atoms with Crippen LogP contribution in [-0.4, -0.2) is 36.1 Å². The molecule has 0 bridgehead atoms. The Balaban J connectivity index is 1.95. The normalized spacial score (nSPS) is 19.2. The van der Waals surface area contributed by atoms with Crippen LogP contribution in [-0.2, 0) is 26.4 Å². The van der Waals surface area contributed by atoms with Crippen molar-refractivity contribution in [2.75, 3.05) is 19.8 Å². The number of ether oxygens (including phenoxy) is 3. The fraction of sp³-hybridized carbons (Fsp3) is 0.524. The summed E-state index contributed by atoms with van der Waals surface area (Å²) in [6, 6.07) is 9.22. The molecular formula is C21H27NO6. The fourth-order valence-corrected chi connectivity index (χ4v) is 3.13. The number of hydrogen-bond donors (Lipinski definition) is 1. The lowest BCUT2D eigenvalue weighted by molar-refractivity contribution is -0.298. The van der Waals surface area contributed by atoms with Crippen LogP contribution in [0.5, 0.6) is 0 Å². The molecule has 0 aliphatic carbocycles. The summed E-state index contributed by atoms with van der Waals surface area (Å²) in [6.07, 6.45) is -0.705. The lowest BCUT2D eigenvalue weighted by atomic mass is 9.92. The molecule has 1 aliphatic rings. The van der Waals surface area contributed by atoms with Crippen LogP contribution in [0.15, 0.2) is 34.9 Å². The van der Waals surface area contributed by atoms with E-state index in [9.17, 15) is 9.90 Å². The number of rotatable bonds is 6. The Morgan fingerprint density at radius 2 is 1.86 bits per heavy atom. The van der Waals surface area contributed by atoms with E-state index < -0.39 is 17.9 Å². The summed E-state index contributed by atoms with van der Waals surface area (Å²) in [4.78, 5) is 12.4. The minimum absolute atomic E-state index is 0.0133. The summed E-state index contributed by atoms with van der Waals surface area (Å²) in [5.41, 5.74) is 0.972. The summed E-state index contributed by atoms with van der Waals surface area (Å²) in [5, 5.41) is 14.5. The van der Waals surface area contributed by atoms with Crippen LogP contribution >= 0.6 is 0 Å². The van der Waals surface area contributed by atoms with Gasteiger partial charge in [0.25, 0.3) is 0 Å². The maximum atomic E-state index is 12.4. The molecule has 0 amide bonds. The van der Waals surface area contributed by atoms with Gasteiger partial charge in [-0.05, 0) is 19.4 Å². The predicted molar refractivity (Wildman–Crippen MR) is 101 cm³/mol. The molecule has 2 aromatic rings. The number of carbonyl (C=O) groups is 1. The van der Waals surface area contributed by atoms with E-state index in [0.29, 0.717) is 24.5 Å². The van der Waals surface area contributed by atoms with Gasteiger partial charge < -0.3 is 23.8 Å². The first kappa shape index (κ1) is 20.5. The molecule has 2 heterocycles. The van der Waals surface area contributed by atoms with Gasteiger partial charge in [-0.2, -0.15) is 0 Å². The van der Waals surface area contributed by atoms with Crippen LogP contribution in [0.2, 0.25) is 0 Å². The zero-order chi connectivity index (χ0) is 20.4. The SMILES string of the molecule is CCOC(=O)c1noc(CC(O)c2ccccc2)c1C1(C)OCC(C)(C)CO1. The van der Waals surface area contributed by atoms with Crippen molar-refractivity contribution in [3.8, 4) is 0 Å². The van der Waals surface area contributed by atoms with Crippen molar-refractivity contribution in [1.82, 2.24) is 5.16 Å². The number of aromatic nitrogens is 1. The minimum atomic E-state index is -1.22. The van der Waals surface area contributed by atoms with Crippen molar-refractivity contribution < 1.29 is 28.6 Å². The van der Waals surface area contributed by atoms with Gasteiger partial charge in [0, 0.05) is 11.8 Å². The molecular weight excluding hydrogens is 362 g/mol. The second-order valence-corrected chi connectivity index (χ2v) is 7.87. The van der Waals surface area contributed by atoms with Crippen LogP contribution in [0, 0.1) is 5.41 Å². The molecule has 1 aromatic carbocycles. The monoisotopic (exact) mass is 389 g/mol. The van der Waals surface area contributed by atoms with Gasteiger partial charge in [-0.3, -0.25) is 0 Å². The molecule has 1 saturated heterocycles. The Bertz CT molecular complexity index is 804. The molecule has 0 spiro atoms. The number of aliphatic hydroxyl groups is 1. The molecule has 7 nitrogen and oxygen atoms in total. The molecule has 152 valence electrons. The summed E-state index contributed by atoms with van der Waals surface area (Å²) in [7, 11) is 0. The maximum absolute atomic E-state index is 12.4. The highest BCUT2D eigenvalue weighted by atomic mass is 16.7. The van der Waals surface area contributed by atoms with E-state index in [1.54, 1.807) is 13.8 Å². The average Bonchev–Trinajstić information content (AvgIpc) is 3.10. The van der Waals surface area contributed by atoms with Crippen molar-refractivity contribution in [3.05, 3.63) is 52.9 Å². The number of benzene rings is 1. The Labute approximate surface area is 164 Å². The van der Waals surface area contributed by atoms with Gasteiger partial charge in [-0.25, -0.2) is 4.79 Å². The van der Waals surface area contributed by atoms with Crippen molar-refractivity contribution in [1.29, 1.82) is 0 Å². The standard InChI is InChI=1S/C21H27NO6/c1-5-25-19(24)18-17(21(4)26-12-20(2,3)13-27-21)16(28-22-18)11-15(23)14-9-7-6-8-10-14/h6-10,15,23H,5,11-13H2,1-4H3. The number of carbonyl (C=O) groups excluding carboxylic acids is 1. The van der Waals surface area contributed by atoms with Gasteiger partial charge in [-0.1, -0.05) is 49.3 Å². The number of esters is 1. The first-order chi connectivity index (χ1) is 13.3. The van der Waals surface area contributed by atoms with Gasteiger partial charge in [0.1, 0.15) is 5.76 Å². The highest BCUT2D eigenvalue weighted by Gasteiger charge is 2.45. The Morgan fingerprint density at radius 1 is 1.21 bits per heavy atom. The van der Waals surface area contributed by atoms with E-state index >= 15 is 0 Å². The second kappa shape index (κ2) is 8.03. The first-order valence-corrected chi connectivity index (χ1v) is 9.43. The molecule has 1 fully saturated rings. The molecule has 0 radical (unpaired) electrons. The van der Waals surface area contributed by atoms with Gasteiger partial charge in [0.15, 0.2) is 11.5 Å². The lowest BCUT2D eigenvalue weighted by Crippen LogP contribution is -2.44. The molecule has 1 aromatic heterocycles. The Hall–Kier alpha value is -2.22. The highest BCUT2D eigenvalue weighted by molar-refractivity contribution is 5.89.